The van der Waals surface area contributed by atoms with E-state index in [-0.39, 0.29) is 0 Å². The Bertz CT molecular complexity index is 262. The zero-order valence-corrected chi connectivity index (χ0v) is 19.3. The molecule has 3 nitrogen and oxygen atoms in total. The minimum atomic E-state index is -2.29. The summed E-state index contributed by atoms with van der Waals surface area (Å²) in [7, 11) is -5.11. The Morgan fingerprint density at radius 1 is 0.636 bits per heavy atom. The molecule has 0 fully saturated rings. The van der Waals surface area contributed by atoms with Gasteiger partial charge in [0.1, 0.15) is 0 Å². The molecule has 22 heavy (non-hydrogen) atoms. The Balaban J connectivity index is 4.54. The van der Waals surface area contributed by atoms with Crippen LogP contribution in [0.2, 0.25) is 24.2 Å². The van der Waals surface area contributed by atoms with Crippen LogP contribution in [0.15, 0.2) is 0 Å². The van der Waals surface area contributed by atoms with Gasteiger partial charge in [0.25, 0.3) is 8.25 Å². The van der Waals surface area contributed by atoms with Crippen molar-refractivity contribution in [2.45, 2.75) is 79.6 Å². The van der Waals surface area contributed by atoms with Crippen molar-refractivity contribution in [3.8, 4) is 0 Å². The summed E-state index contributed by atoms with van der Waals surface area (Å²) in [6.07, 6.45) is 0. The van der Waals surface area contributed by atoms with Gasteiger partial charge in [-0.2, -0.15) is 0 Å². The summed E-state index contributed by atoms with van der Waals surface area (Å²) in [5, 5.41) is 0. The molecule has 0 rings (SSSR count). The fraction of sp³-hybridized carbons (Fsp3) is 1.00. The van der Waals surface area contributed by atoms with E-state index in [1.807, 2.05) is 0 Å². The molecule has 0 aromatic carbocycles. The summed E-state index contributed by atoms with van der Waals surface area (Å²) in [6.45, 7) is 17.8. The average molecular weight is 367 g/mol. The molecular formula is C16H39O3PSi2. The lowest BCUT2D eigenvalue weighted by molar-refractivity contribution is 0.407. The van der Waals surface area contributed by atoms with E-state index in [9.17, 15) is 4.57 Å². The van der Waals surface area contributed by atoms with Gasteiger partial charge < -0.3 is 8.43 Å². The van der Waals surface area contributed by atoms with E-state index in [0.717, 1.165) is 24.2 Å². The maximum atomic E-state index is 12.4. The summed E-state index contributed by atoms with van der Waals surface area (Å²) in [5.41, 5.74) is 0. The van der Waals surface area contributed by atoms with Crippen LogP contribution in [0.25, 0.3) is 0 Å². The Hall–Kier alpha value is 0.584. The smallest absolute Gasteiger partial charge is 0.299 e. The average Bonchev–Trinajstić information content (AvgIpc) is 2.23. The molecule has 0 spiro atoms. The van der Waals surface area contributed by atoms with Crippen LogP contribution in [0.3, 0.4) is 0 Å². The van der Waals surface area contributed by atoms with Gasteiger partial charge in [-0.15, -0.1) is 0 Å². The van der Waals surface area contributed by atoms with Crippen molar-refractivity contribution in [2.75, 3.05) is 0 Å². The van der Waals surface area contributed by atoms with E-state index < -0.39 is 26.3 Å². The first-order valence-electron chi connectivity index (χ1n) is 8.97. The third-order valence-electron chi connectivity index (χ3n) is 3.46. The Kier molecular flexibility index (Phi) is 12.3. The Morgan fingerprint density at radius 2 is 0.864 bits per heavy atom. The Morgan fingerprint density at radius 3 is 1.05 bits per heavy atom. The predicted octanol–water partition coefficient (Wildman–Crippen LogP) is 5.48. The lowest BCUT2D eigenvalue weighted by Crippen LogP contribution is -2.23. The standard InChI is InChI=1S/C16H39O3PSi2/c1-13(2)9-21(10-14(3)4)18-20(17)19-22(11-15(5)6)12-16(7)8/h13-16,20-22H,9-12H2,1-8H3. The van der Waals surface area contributed by atoms with Gasteiger partial charge in [0, 0.05) is 0 Å². The SMILES string of the molecule is CC(C)C[SiH](CC(C)C)O[PH](=O)O[SiH](CC(C)C)CC(C)C. The normalized spacial score (nSPS) is 13.0. The van der Waals surface area contributed by atoms with Gasteiger partial charge >= 0.3 is 0 Å². The molecule has 0 bridgehead atoms. The molecule has 0 saturated heterocycles. The maximum Gasteiger partial charge on any atom is 0.299 e. The molecule has 0 unspecified atom stereocenters. The van der Waals surface area contributed by atoms with Crippen LogP contribution >= 0.6 is 8.25 Å². The number of rotatable bonds is 12. The van der Waals surface area contributed by atoms with Gasteiger partial charge in [-0.1, -0.05) is 55.4 Å². The Labute approximate surface area is 143 Å². The topological polar surface area (TPSA) is 35.5 Å². The first kappa shape index (κ1) is 22.6. The van der Waals surface area contributed by atoms with E-state index in [0.29, 0.717) is 23.7 Å². The lowest BCUT2D eigenvalue weighted by Gasteiger charge is -2.23. The molecule has 0 aliphatic rings. The minimum Gasteiger partial charge on any atom is -0.357 e. The summed E-state index contributed by atoms with van der Waals surface area (Å²) < 4.78 is 24.3. The largest absolute Gasteiger partial charge is 0.357 e. The van der Waals surface area contributed by atoms with Crippen molar-refractivity contribution in [3.05, 3.63) is 0 Å². The highest BCUT2D eigenvalue weighted by molar-refractivity contribution is 7.37. The fourth-order valence-corrected chi connectivity index (χ4v) is 11.8. The molecule has 134 valence electrons. The van der Waals surface area contributed by atoms with Crippen LogP contribution in [0.1, 0.15) is 55.4 Å². The van der Waals surface area contributed by atoms with E-state index >= 15 is 0 Å². The summed E-state index contributed by atoms with van der Waals surface area (Å²) in [6, 6.07) is 4.38. The molecule has 0 aromatic rings. The second-order valence-electron chi connectivity index (χ2n) is 8.25. The van der Waals surface area contributed by atoms with Crippen LogP contribution in [0.5, 0.6) is 0 Å². The summed E-state index contributed by atoms with van der Waals surface area (Å²) in [5.74, 6) is 2.46. The van der Waals surface area contributed by atoms with E-state index in [1.54, 1.807) is 0 Å². The molecule has 0 radical (unpaired) electrons. The molecule has 0 aliphatic heterocycles. The highest BCUT2D eigenvalue weighted by Crippen LogP contribution is 2.33. The molecule has 0 amide bonds. The van der Waals surface area contributed by atoms with E-state index in [1.165, 1.54) is 0 Å². The van der Waals surface area contributed by atoms with Crippen molar-refractivity contribution >= 4 is 26.3 Å². The first-order chi connectivity index (χ1) is 10.1. The van der Waals surface area contributed by atoms with Crippen molar-refractivity contribution in [1.82, 2.24) is 0 Å². The molecular weight excluding hydrogens is 327 g/mol. The van der Waals surface area contributed by atoms with Gasteiger partial charge in [-0.05, 0) is 47.8 Å². The quantitative estimate of drug-likeness (QED) is 0.339. The van der Waals surface area contributed by atoms with Crippen molar-refractivity contribution in [2.24, 2.45) is 23.7 Å². The number of hydrogen-bond acceptors (Lipinski definition) is 3. The van der Waals surface area contributed by atoms with Crippen LogP contribution in [0.4, 0.5) is 0 Å². The molecule has 0 aliphatic carbocycles. The van der Waals surface area contributed by atoms with E-state index in [2.05, 4.69) is 55.4 Å². The van der Waals surface area contributed by atoms with Gasteiger partial charge in [-0.3, -0.25) is 4.57 Å². The zero-order valence-electron chi connectivity index (χ0n) is 16.0. The molecule has 0 aromatic heterocycles. The van der Waals surface area contributed by atoms with Gasteiger partial charge in [0.2, 0.25) is 0 Å². The highest BCUT2D eigenvalue weighted by atomic mass is 31.1. The first-order valence-corrected chi connectivity index (χ1v) is 14.4. The maximum absolute atomic E-state index is 12.4. The third-order valence-corrected chi connectivity index (χ3v) is 13.5. The third kappa shape index (κ3) is 13.1. The fourth-order valence-electron chi connectivity index (χ4n) is 2.79. The van der Waals surface area contributed by atoms with Gasteiger partial charge in [0.05, 0.1) is 0 Å². The molecule has 6 heteroatoms. The van der Waals surface area contributed by atoms with Crippen LogP contribution < -0.4 is 0 Å². The molecule has 0 heterocycles. The lowest BCUT2D eigenvalue weighted by atomic mass is 10.3. The van der Waals surface area contributed by atoms with Gasteiger partial charge in [-0.25, -0.2) is 0 Å². The zero-order chi connectivity index (χ0) is 17.3. The summed E-state index contributed by atoms with van der Waals surface area (Å²) in [4.78, 5) is 0. The van der Waals surface area contributed by atoms with Crippen LogP contribution in [0, 0.1) is 23.7 Å². The van der Waals surface area contributed by atoms with Crippen molar-refractivity contribution < 1.29 is 13.0 Å². The predicted molar refractivity (Wildman–Crippen MR) is 104 cm³/mol. The van der Waals surface area contributed by atoms with Crippen LogP contribution in [-0.2, 0) is 13.0 Å². The molecule has 0 saturated carbocycles. The second-order valence-corrected chi connectivity index (χ2v) is 15.0. The van der Waals surface area contributed by atoms with Crippen molar-refractivity contribution in [3.63, 3.8) is 0 Å². The van der Waals surface area contributed by atoms with Gasteiger partial charge in [0.15, 0.2) is 18.1 Å². The highest BCUT2D eigenvalue weighted by Gasteiger charge is 2.23. The van der Waals surface area contributed by atoms with Crippen molar-refractivity contribution in [1.29, 1.82) is 0 Å². The minimum absolute atomic E-state index is 0.615. The van der Waals surface area contributed by atoms with E-state index in [4.69, 9.17) is 8.43 Å². The van der Waals surface area contributed by atoms with Crippen LogP contribution in [-0.4, -0.2) is 18.1 Å². The summed E-state index contributed by atoms with van der Waals surface area (Å²) >= 11 is 0. The second kappa shape index (κ2) is 12.0. The molecule has 0 N–H and O–H groups in total. The monoisotopic (exact) mass is 366 g/mol. The number of hydrogen-bond donors (Lipinski definition) is 0. The molecule has 0 atom stereocenters.